The summed E-state index contributed by atoms with van der Waals surface area (Å²) in [4.78, 5) is 25.6. The average Bonchev–Trinajstić information content (AvgIpc) is 3.13. The summed E-state index contributed by atoms with van der Waals surface area (Å²) in [5, 5.41) is 0. The lowest BCUT2D eigenvalue weighted by Gasteiger charge is -2.25. The normalized spacial score (nSPS) is 18.1. The number of rotatable bonds is 6. The number of hydrogen-bond donors (Lipinski definition) is 1. The largest absolute Gasteiger partial charge is 0.384 e. The van der Waals surface area contributed by atoms with Crippen LogP contribution in [0.5, 0.6) is 0 Å². The topological polar surface area (TPSA) is 75.4 Å². The van der Waals surface area contributed by atoms with E-state index in [1.165, 1.54) is 11.1 Å². The van der Waals surface area contributed by atoms with E-state index in [0.717, 1.165) is 31.8 Å². The van der Waals surface area contributed by atoms with E-state index in [1.807, 2.05) is 11.8 Å². The highest BCUT2D eigenvalue weighted by Crippen LogP contribution is 2.20. The Kier molecular flexibility index (Phi) is 6.06. The SMILES string of the molecule is Cc1ccc(CC(C)C(=O)N2CCC(N(C)Cc3nccc(N)n3)C2)cc1. The van der Waals surface area contributed by atoms with Crippen LogP contribution in [0.1, 0.15) is 30.3 Å². The fourth-order valence-corrected chi connectivity index (χ4v) is 3.62. The molecule has 0 aliphatic carbocycles. The van der Waals surface area contributed by atoms with Crippen LogP contribution < -0.4 is 5.73 Å². The van der Waals surface area contributed by atoms with Crippen molar-refractivity contribution in [3.05, 3.63) is 53.5 Å². The fourth-order valence-electron chi connectivity index (χ4n) is 3.62. The zero-order valence-electron chi connectivity index (χ0n) is 16.4. The Hall–Kier alpha value is -2.47. The van der Waals surface area contributed by atoms with Crippen LogP contribution in [0.25, 0.3) is 0 Å². The molecular formula is C21H29N5O. The minimum atomic E-state index is -0.00554. The lowest BCUT2D eigenvalue weighted by Crippen LogP contribution is -2.38. The molecular weight excluding hydrogens is 338 g/mol. The lowest BCUT2D eigenvalue weighted by atomic mass is 9.99. The van der Waals surface area contributed by atoms with E-state index in [4.69, 9.17) is 5.73 Å². The summed E-state index contributed by atoms with van der Waals surface area (Å²) in [7, 11) is 2.06. The standard InChI is InChI=1S/C21H29N5O/c1-15-4-6-17(7-5-15)12-16(2)21(27)26-11-9-18(13-26)25(3)14-20-23-10-8-19(22)24-20/h4-8,10,16,18H,9,11-14H2,1-3H3,(H2,22,23,24). The van der Waals surface area contributed by atoms with Gasteiger partial charge in [0.1, 0.15) is 11.6 Å². The number of carbonyl (C=O) groups excluding carboxylic acids is 1. The zero-order chi connectivity index (χ0) is 19.4. The van der Waals surface area contributed by atoms with Crippen LogP contribution in [0.3, 0.4) is 0 Å². The van der Waals surface area contributed by atoms with E-state index < -0.39 is 0 Å². The Labute approximate surface area is 161 Å². The van der Waals surface area contributed by atoms with Crippen molar-refractivity contribution in [1.29, 1.82) is 0 Å². The maximum Gasteiger partial charge on any atom is 0.225 e. The third-order valence-corrected chi connectivity index (χ3v) is 5.30. The van der Waals surface area contributed by atoms with Gasteiger partial charge in [0.25, 0.3) is 0 Å². The van der Waals surface area contributed by atoms with Crippen molar-refractivity contribution in [1.82, 2.24) is 19.8 Å². The first-order valence-electron chi connectivity index (χ1n) is 9.54. The Balaban J connectivity index is 1.53. The summed E-state index contributed by atoms with van der Waals surface area (Å²) in [6, 6.07) is 10.5. The van der Waals surface area contributed by atoms with Crippen LogP contribution >= 0.6 is 0 Å². The Bertz CT molecular complexity index is 776. The molecule has 1 aliphatic heterocycles. The summed E-state index contributed by atoms with van der Waals surface area (Å²) in [5.41, 5.74) is 8.19. The molecule has 1 saturated heterocycles. The molecule has 0 spiro atoms. The van der Waals surface area contributed by atoms with Gasteiger partial charge < -0.3 is 10.6 Å². The van der Waals surface area contributed by atoms with E-state index in [2.05, 4.69) is 53.1 Å². The number of carbonyl (C=O) groups is 1. The van der Waals surface area contributed by atoms with Crippen molar-refractivity contribution in [2.24, 2.45) is 5.92 Å². The van der Waals surface area contributed by atoms with Crippen LogP contribution in [0.4, 0.5) is 5.82 Å². The van der Waals surface area contributed by atoms with Gasteiger partial charge in [-0.25, -0.2) is 9.97 Å². The van der Waals surface area contributed by atoms with E-state index in [9.17, 15) is 4.79 Å². The Morgan fingerprint density at radius 1 is 1.33 bits per heavy atom. The second-order valence-corrected chi connectivity index (χ2v) is 7.63. The molecule has 1 fully saturated rings. The van der Waals surface area contributed by atoms with Gasteiger partial charge in [0, 0.05) is 31.2 Å². The van der Waals surface area contributed by atoms with Gasteiger partial charge in [-0.15, -0.1) is 0 Å². The minimum Gasteiger partial charge on any atom is -0.384 e. The van der Waals surface area contributed by atoms with Crippen LogP contribution in [0, 0.1) is 12.8 Å². The number of amides is 1. The maximum atomic E-state index is 12.9. The summed E-state index contributed by atoms with van der Waals surface area (Å²) >= 11 is 0. The number of anilines is 1. The molecule has 1 amide bonds. The number of nitrogens with two attached hydrogens (primary N) is 1. The minimum absolute atomic E-state index is 0.00554. The second kappa shape index (κ2) is 8.48. The highest BCUT2D eigenvalue weighted by molar-refractivity contribution is 5.79. The molecule has 1 aromatic carbocycles. The van der Waals surface area contributed by atoms with Gasteiger partial charge in [0.05, 0.1) is 6.54 Å². The molecule has 2 aromatic rings. The molecule has 6 nitrogen and oxygen atoms in total. The van der Waals surface area contributed by atoms with E-state index in [-0.39, 0.29) is 11.8 Å². The van der Waals surface area contributed by atoms with Crippen LogP contribution in [0.15, 0.2) is 36.5 Å². The van der Waals surface area contributed by atoms with Gasteiger partial charge in [-0.1, -0.05) is 36.8 Å². The van der Waals surface area contributed by atoms with Crippen molar-refractivity contribution >= 4 is 11.7 Å². The highest BCUT2D eigenvalue weighted by atomic mass is 16.2. The third kappa shape index (κ3) is 5.04. The molecule has 0 saturated carbocycles. The predicted octanol–water partition coefficient (Wildman–Crippen LogP) is 2.28. The summed E-state index contributed by atoms with van der Waals surface area (Å²) in [6.45, 7) is 6.31. The van der Waals surface area contributed by atoms with Crippen LogP contribution in [0.2, 0.25) is 0 Å². The number of aryl methyl sites for hydroxylation is 1. The summed E-state index contributed by atoms with van der Waals surface area (Å²) in [5.74, 6) is 1.44. The third-order valence-electron chi connectivity index (χ3n) is 5.30. The molecule has 0 bridgehead atoms. The smallest absolute Gasteiger partial charge is 0.225 e. The van der Waals surface area contributed by atoms with Crippen molar-refractivity contribution in [3.63, 3.8) is 0 Å². The number of benzene rings is 1. The number of nitrogen functional groups attached to an aromatic ring is 1. The van der Waals surface area contributed by atoms with Crippen molar-refractivity contribution in [2.45, 2.75) is 39.3 Å². The summed E-state index contributed by atoms with van der Waals surface area (Å²) in [6.07, 6.45) is 3.44. The van der Waals surface area contributed by atoms with Crippen molar-refractivity contribution < 1.29 is 4.79 Å². The molecule has 27 heavy (non-hydrogen) atoms. The van der Waals surface area contributed by atoms with Gasteiger partial charge in [-0.05, 0) is 38.4 Å². The first-order chi connectivity index (χ1) is 12.9. The molecule has 2 atom stereocenters. The van der Waals surface area contributed by atoms with Crippen molar-refractivity contribution in [3.8, 4) is 0 Å². The molecule has 2 unspecified atom stereocenters. The molecule has 2 heterocycles. The van der Waals surface area contributed by atoms with Gasteiger partial charge in [-0.2, -0.15) is 0 Å². The number of likely N-dealkylation sites (tertiary alicyclic amines) is 1. The molecule has 1 aliphatic rings. The van der Waals surface area contributed by atoms with E-state index >= 15 is 0 Å². The highest BCUT2D eigenvalue weighted by Gasteiger charge is 2.31. The van der Waals surface area contributed by atoms with Gasteiger partial charge in [0.2, 0.25) is 5.91 Å². The average molecular weight is 367 g/mol. The van der Waals surface area contributed by atoms with Crippen LogP contribution in [-0.2, 0) is 17.8 Å². The van der Waals surface area contributed by atoms with Crippen LogP contribution in [-0.4, -0.2) is 51.9 Å². The van der Waals surface area contributed by atoms with Gasteiger partial charge in [-0.3, -0.25) is 9.69 Å². The molecule has 2 N–H and O–H groups in total. The molecule has 3 rings (SSSR count). The number of aromatic nitrogens is 2. The monoisotopic (exact) mass is 367 g/mol. The second-order valence-electron chi connectivity index (χ2n) is 7.63. The predicted molar refractivity (Wildman–Crippen MR) is 107 cm³/mol. The van der Waals surface area contributed by atoms with Gasteiger partial charge >= 0.3 is 0 Å². The van der Waals surface area contributed by atoms with Gasteiger partial charge in [0.15, 0.2) is 0 Å². The zero-order valence-corrected chi connectivity index (χ0v) is 16.4. The number of likely N-dealkylation sites (N-methyl/N-ethyl adjacent to an activating group) is 1. The van der Waals surface area contributed by atoms with Crippen molar-refractivity contribution in [2.75, 3.05) is 25.9 Å². The van der Waals surface area contributed by atoms with E-state index in [0.29, 0.717) is 18.4 Å². The quantitative estimate of drug-likeness (QED) is 0.848. The first kappa shape index (κ1) is 19.3. The Morgan fingerprint density at radius 2 is 2.07 bits per heavy atom. The Morgan fingerprint density at radius 3 is 2.78 bits per heavy atom. The lowest BCUT2D eigenvalue weighted by molar-refractivity contribution is -0.134. The fraction of sp³-hybridized carbons (Fsp3) is 0.476. The molecule has 0 radical (unpaired) electrons. The number of nitrogens with zero attached hydrogens (tertiary/aromatic N) is 4. The maximum absolute atomic E-state index is 12.9. The molecule has 144 valence electrons. The summed E-state index contributed by atoms with van der Waals surface area (Å²) < 4.78 is 0. The van der Waals surface area contributed by atoms with E-state index in [1.54, 1.807) is 12.3 Å². The number of hydrogen-bond acceptors (Lipinski definition) is 5. The molecule has 6 heteroatoms. The molecule has 1 aromatic heterocycles. The first-order valence-corrected chi connectivity index (χ1v) is 9.54.